The molecule has 1 atom stereocenters. The summed E-state index contributed by atoms with van der Waals surface area (Å²) >= 11 is 0. The van der Waals surface area contributed by atoms with Crippen molar-refractivity contribution >= 4 is 5.91 Å². The van der Waals surface area contributed by atoms with Gasteiger partial charge in [0.1, 0.15) is 5.69 Å². The summed E-state index contributed by atoms with van der Waals surface area (Å²) in [5.41, 5.74) is 2.89. The number of nitrogens with one attached hydrogen (secondary N) is 1. The Morgan fingerprint density at radius 3 is 2.85 bits per heavy atom. The van der Waals surface area contributed by atoms with Gasteiger partial charge in [-0.1, -0.05) is 29.8 Å². The van der Waals surface area contributed by atoms with Crippen LogP contribution in [0, 0.1) is 6.92 Å². The molecule has 146 valence electrons. The van der Waals surface area contributed by atoms with E-state index in [0.29, 0.717) is 24.8 Å². The summed E-state index contributed by atoms with van der Waals surface area (Å²) in [6.07, 6.45) is 4.20. The number of likely N-dealkylation sites (N-methyl/N-ethyl adjacent to an activating group) is 1. The molecule has 2 aromatic rings. The van der Waals surface area contributed by atoms with Gasteiger partial charge in [-0.2, -0.15) is 5.10 Å². The maximum atomic E-state index is 13.2. The number of hydrogen-bond acceptors (Lipinski definition) is 4. The minimum Gasteiger partial charge on any atom is -0.332 e. The highest BCUT2D eigenvalue weighted by Gasteiger charge is 2.21. The van der Waals surface area contributed by atoms with Gasteiger partial charge in [-0.3, -0.25) is 9.48 Å². The SMILES string of the molecule is Cc1cccc(CN(CCN(C)C)C(=O)c2ccn(C3CCCNC3)n2)c1. The number of aromatic nitrogens is 2. The fraction of sp³-hybridized carbons (Fsp3) is 0.524. The lowest BCUT2D eigenvalue weighted by Crippen LogP contribution is -2.37. The van der Waals surface area contributed by atoms with E-state index in [1.807, 2.05) is 42.0 Å². The van der Waals surface area contributed by atoms with Crippen molar-refractivity contribution in [3.8, 4) is 0 Å². The van der Waals surface area contributed by atoms with Gasteiger partial charge in [-0.15, -0.1) is 0 Å². The lowest BCUT2D eigenvalue weighted by atomic mass is 10.1. The summed E-state index contributed by atoms with van der Waals surface area (Å²) in [5, 5.41) is 8.02. The van der Waals surface area contributed by atoms with E-state index in [-0.39, 0.29) is 5.91 Å². The molecule has 6 nitrogen and oxygen atoms in total. The van der Waals surface area contributed by atoms with E-state index in [1.54, 1.807) is 0 Å². The van der Waals surface area contributed by atoms with Gasteiger partial charge in [-0.05, 0) is 52.0 Å². The summed E-state index contributed by atoms with van der Waals surface area (Å²) in [6, 6.07) is 10.5. The Hall–Kier alpha value is -2.18. The molecule has 3 rings (SSSR count). The van der Waals surface area contributed by atoms with Gasteiger partial charge < -0.3 is 15.1 Å². The second-order valence-electron chi connectivity index (χ2n) is 7.70. The number of nitrogens with zero attached hydrogens (tertiary/aromatic N) is 4. The van der Waals surface area contributed by atoms with Gasteiger partial charge in [0, 0.05) is 32.4 Å². The van der Waals surface area contributed by atoms with Crippen LogP contribution in [0.25, 0.3) is 0 Å². The molecule has 0 radical (unpaired) electrons. The first-order chi connectivity index (χ1) is 13.0. The maximum absolute atomic E-state index is 13.2. The number of benzene rings is 1. The van der Waals surface area contributed by atoms with Crippen molar-refractivity contribution in [2.24, 2.45) is 0 Å². The van der Waals surface area contributed by atoms with Crippen LogP contribution in [0.4, 0.5) is 0 Å². The van der Waals surface area contributed by atoms with E-state index in [1.165, 1.54) is 5.56 Å². The zero-order chi connectivity index (χ0) is 19.2. The van der Waals surface area contributed by atoms with E-state index in [9.17, 15) is 4.79 Å². The first kappa shape index (κ1) is 19.6. The molecule has 1 unspecified atom stereocenters. The first-order valence-corrected chi connectivity index (χ1v) is 9.78. The van der Waals surface area contributed by atoms with E-state index >= 15 is 0 Å². The fourth-order valence-corrected chi connectivity index (χ4v) is 3.48. The predicted molar refractivity (Wildman–Crippen MR) is 108 cm³/mol. The van der Waals surface area contributed by atoms with Crippen LogP contribution in [0.3, 0.4) is 0 Å². The number of amides is 1. The lowest BCUT2D eigenvalue weighted by molar-refractivity contribution is 0.0724. The molecule has 1 aromatic carbocycles. The smallest absolute Gasteiger partial charge is 0.274 e. The van der Waals surface area contributed by atoms with Crippen LogP contribution >= 0.6 is 0 Å². The Morgan fingerprint density at radius 1 is 1.30 bits per heavy atom. The standard InChI is InChI=1S/C21H31N5O/c1-17-6-4-7-18(14-17)16-25(13-12-24(2)3)21(27)20-9-11-26(23-20)19-8-5-10-22-15-19/h4,6-7,9,11,14,19,22H,5,8,10,12-13,15-16H2,1-3H3. The molecule has 2 heterocycles. The van der Waals surface area contributed by atoms with Gasteiger partial charge in [0.2, 0.25) is 0 Å². The largest absolute Gasteiger partial charge is 0.332 e. The summed E-state index contributed by atoms with van der Waals surface area (Å²) in [7, 11) is 4.06. The van der Waals surface area contributed by atoms with Crippen molar-refractivity contribution < 1.29 is 4.79 Å². The number of hydrogen-bond donors (Lipinski definition) is 1. The summed E-state index contributed by atoms with van der Waals surface area (Å²) < 4.78 is 1.95. The van der Waals surface area contributed by atoms with Crippen LogP contribution in [0.2, 0.25) is 0 Å². The molecule has 1 aliphatic rings. The van der Waals surface area contributed by atoms with Crippen molar-refractivity contribution in [3.05, 3.63) is 53.3 Å². The summed E-state index contributed by atoms with van der Waals surface area (Å²) in [5.74, 6) is 0.000810. The predicted octanol–water partition coefficient (Wildman–Crippen LogP) is 2.32. The van der Waals surface area contributed by atoms with E-state index in [0.717, 1.165) is 38.0 Å². The van der Waals surface area contributed by atoms with Crippen molar-refractivity contribution in [2.45, 2.75) is 32.4 Å². The number of piperidine rings is 1. The van der Waals surface area contributed by atoms with E-state index in [4.69, 9.17) is 0 Å². The van der Waals surface area contributed by atoms with Crippen molar-refractivity contribution in [1.29, 1.82) is 0 Å². The highest BCUT2D eigenvalue weighted by Crippen LogP contribution is 2.17. The molecule has 1 fully saturated rings. The van der Waals surface area contributed by atoms with Crippen LogP contribution < -0.4 is 5.32 Å². The normalized spacial score (nSPS) is 17.3. The molecule has 1 saturated heterocycles. The number of aryl methyl sites for hydroxylation is 1. The third-order valence-electron chi connectivity index (χ3n) is 5.03. The second kappa shape index (κ2) is 9.15. The second-order valence-corrected chi connectivity index (χ2v) is 7.70. The Morgan fingerprint density at radius 2 is 2.15 bits per heavy atom. The molecule has 1 amide bonds. The maximum Gasteiger partial charge on any atom is 0.274 e. The van der Waals surface area contributed by atoms with E-state index in [2.05, 4.69) is 40.4 Å². The minimum absolute atomic E-state index is 0.000810. The molecular weight excluding hydrogens is 338 g/mol. The summed E-state index contributed by atoms with van der Waals surface area (Å²) in [6.45, 7) is 6.17. The van der Waals surface area contributed by atoms with Gasteiger partial charge in [0.05, 0.1) is 6.04 Å². The third-order valence-corrected chi connectivity index (χ3v) is 5.03. The quantitative estimate of drug-likeness (QED) is 0.814. The van der Waals surface area contributed by atoms with Gasteiger partial charge in [-0.25, -0.2) is 0 Å². The zero-order valence-corrected chi connectivity index (χ0v) is 16.7. The van der Waals surface area contributed by atoms with E-state index < -0.39 is 0 Å². The molecule has 0 spiro atoms. The van der Waals surface area contributed by atoms with Crippen molar-refractivity contribution in [3.63, 3.8) is 0 Å². The average Bonchev–Trinajstić information content (AvgIpc) is 3.15. The van der Waals surface area contributed by atoms with Crippen molar-refractivity contribution in [2.75, 3.05) is 40.3 Å². The molecule has 27 heavy (non-hydrogen) atoms. The third kappa shape index (κ3) is 5.40. The van der Waals surface area contributed by atoms with Gasteiger partial charge in [0.15, 0.2) is 0 Å². The monoisotopic (exact) mass is 369 g/mol. The number of carbonyl (C=O) groups excluding carboxylic acids is 1. The number of rotatable bonds is 7. The Kier molecular flexibility index (Phi) is 6.63. The topological polar surface area (TPSA) is 53.4 Å². The van der Waals surface area contributed by atoms with Crippen LogP contribution in [-0.4, -0.2) is 65.8 Å². The molecule has 1 aliphatic heterocycles. The Balaban J connectivity index is 1.74. The number of carbonyl (C=O) groups is 1. The van der Waals surface area contributed by atoms with Crippen LogP contribution in [-0.2, 0) is 6.54 Å². The van der Waals surface area contributed by atoms with Crippen LogP contribution in [0.1, 0.15) is 40.5 Å². The summed E-state index contributed by atoms with van der Waals surface area (Å²) in [4.78, 5) is 17.2. The van der Waals surface area contributed by atoms with Gasteiger partial charge >= 0.3 is 0 Å². The molecule has 0 saturated carbocycles. The van der Waals surface area contributed by atoms with Gasteiger partial charge in [0.25, 0.3) is 5.91 Å². The molecule has 0 bridgehead atoms. The first-order valence-electron chi connectivity index (χ1n) is 9.78. The zero-order valence-electron chi connectivity index (χ0n) is 16.7. The lowest BCUT2D eigenvalue weighted by Gasteiger charge is -2.24. The molecular formula is C21H31N5O. The van der Waals surface area contributed by atoms with Crippen LogP contribution in [0.5, 0.6) is 0 Å². The molecule has 1 N–H and O–H groups in total. The highest BCUT2D eigenvalue weighted by atomic mass is 16.2. The minimum atomic E-state index is 0.000810. The van der Waals surface area contributed by atoms with Crippen LogP contribution in [0.15, 0.2) is 36.5 Å². The molecule has 0 aliphatic carbocycles. The molecule has 6 heteroatoms. The fourth-order valence-electron chi connectivity index (χ4n) is 3.48. The highest BCUT2D eigenvalue weighted by molar-refractivity contribution is 5.92. The molecule has 1 aromatic heterocycles. The average molecular weight is 370 g/mol. The Labute approximate surface area is 162 Å². The Bertz CT molecular complexity index is 749. The van der Waals surface area contributed by atoms with Crippen molar-refractivity contribution in [1.82, 2.24) is 24.9 Å².